The Kier molecular flexibility index (Phi) is 9.13. The number of hydrogen-bond donors (Lipinski definition) is 0. The molecule has 13 rings (SSSR count). The number of carbonyl (C=O) groups is 2. The van der Waals surface area contributed by atoms with Crippen molar-refractivity contribution < 1.29 is 27.9 Å². The lowest BCUT2D eigenvalue weighted by Crippen LogP contribution is -2.30. The topological polar surface area (TPSA) is 121 Å². The van der Waals surface area contributed by atoms with Crippen LogP contribution in [0.2, 0.25) is 0 Å². The van der Waals surface area contributed by atoms with Gasteiger partial charge in [0.05, 0.1) is 47.5 Å². The van der Waals surface area contributed by atoms with Crippen molar-refractivity contribution in [3.8, 4) is 28.3 Å². The van der Waals surface area contributed by atoms with Gasteiger partial charge in [-0.25, -0.2) is 9.47 Å². The summed E-state index contributed by atoms with van der Waals surface area (Å²) in [6, 6.07) is 35.1. The molecule has 0 saturated carbocycles. The van der Waals surface area contributed by atoms with Gasteiger partial charge in [0.15, 0.2) is 33.8 Å². The number of hydrogen-bond acceptors (Lipinski definition) is 8. The van der Waals surface area contributed by atoms with E-state index in [1.807, 2.05) is 100 Å². The van der Waals surface area contributed by atoms with Crippen molar-refractivity contribution in [2.75, 3.05) is 19.1 Å². The van der Waals surface area contributed by atoms with Gasteiger partial charge in [-0.3, -0.25) is 19.2 Å². The molecule has 0 bridgehead atoms. The van der Waals surface area contributed by atoms with Crippen LogP contribution in [0.5, 0.6) is 11.5 Å². The van der Waals surface area contributed by atoms with Gasteiger partial charge in [0.2, 0.25) is 0 Å². The minimum absolute atomic E-state index is 0.152. The van der Waals surface area contributed by atoms with E-state index in [-0.39, 0.29) is 38.8 Å². The molecule has 2 aliphatic carbocycles. The van der Waals surface area contributed by atoms with Crippen LogP contribution >= 0.6 is 0 Å². The highest BCUT2D eigenvalue weighted by Crippen LogP contribution is 2.64. The highest BCUT2D eigenvalue weighted by Gasteiger charge is 2.57. The molecule has 10 nitrogen and oxygen atoms in total. The SMILES string of the molecule is COc1cc2c(cc1OC)C1(CC2(C)C)CC(C)(C)c2cc3oc4cc5c(=O)n(-c6c(C)cc(-c7cc(C)c(N8C(=O)c9cc(C)c(C)cc9C8=O)c8ccccc78)c7ccccc67)c(=O)c5cc4oc3cc21. The summed E-state index contributed by atoms with van der Waals surface area (Å²) in [6.45, 7) is 16.9. The Morgan fingerprint density at radius 1 is 0.438 bits per heavy atom. The summed E-state index contributed by atoms with van der Waals surface area (Å²) in [6.07, 6.45) is 1.76. The molecule has 10 aromatic rings. The van der Waals surface area contributed by atoms with E-state index in [9.17, 15) is 19.2 Å². The monoisotopic (exact) mass is 964 g/mol. The number of imide groups is 1. The molecule has 2 amide bonds. The maximum Gasteiger partial charge on any atom is 0.266 e. The van der Waals surface area contributed by atoms with Gasteiger partial charge in [0.1, 0.15) is 0 Å². The first kappa shape index (κ1) is 44.7. The maximum absolute atomic E-state index is 14.8. The molecule has 73 heavy (non-hydrogen) atoms. The van der Waals surface area contributed by atoms with Gasteiger partial charge in [0, 0.05) is 16.2 Å². The Morgan fingerprint density at radius 2 is 0.822 bits per heavy atom. The lowest BCUT2D eigenvalue weighted by Gasteiger charge is -2.30. The summed E-state index contributed by atoms with van der Waals surface area (Å²) in [5.41, 5.74) is 12.0. The van der Waals surface area contributed by atoms with Crippen LogP contribution in [0, 0.1) is 27.7 Å². The molecule has 0 radical (unpaired) electrons. The minimum atomic E-state index is -0.459. The minimum Gasteiger partial charge on any atom is -0.493 e. The highest BCUT2D eigenvalue weighted by molar-refractivity contribution is 6.36. The number of methoxy groups -OCH3 is 2. The van der Waals surface area contributed by atoms with E-state index in [1.165, 1.54) is 31.7 Å². The summed E-state index contributed by atoms with van der Waals surface area (Å²) < 4.78 is 26.3. The number of aryl methyl sites for hydroxylation is 4. The average molecular weight is 965 g/mol. The van der Waals surface area contributed by atoms with Crippen molar-refractivity contribution in [2.24, 2.45) is 0 Å². The van der Waals surface area contributed by atoms with Gasteiger partial charge in [-0.2, -0.15) is 0 Å². The van der Waals surface area contributed by atoms with E-state index < -0.39 is 11.1 Å². The van der Waals surface area contributed by atoms with Crippen LogP contribution in [0.25, 0.3) is 71.5 Å². The van der Waals surface area contributed by atoms with Crippen LogP contribution in [0.3, 0.4) is 0 Å². The molecule has 1 aliphatic heterocycles. The number of ether oxygens (including phenoxy) is 2. The van der Waals surface area contributed by atoms with E-state index >= 15 is 0 Å². The molecular formula is C63H52N2O8. The quantitative estimate of drug-likeness (QED) is 0.123. The first-order chi connectivity index (χ1) is 34.8. The van der Waals surface area contributed by atoms with Crippen LogP contribution in [-0.4, -0.2) is 30.6 Å². The zero-order valence-corrected chi connectivity index (χ0v) is 42.5. The first-order valence-electron chi connectivity index (χ1n) is 24.8. The molecule has 10 heteroatoms. The average Bonchev–Trinajstić information content (AvgIpc) is 3.94. The number of carbonyl (C=O) groups excluding carboxylic acids is 2. The van der Waals surface area contributed by atoms with Crippen molar-refractivity contribution in [1.82, 2.24) is 4.57 Å². The Labute approximate surface area is 420 Å². The second-order valence-corrected chi connectivity index (χ2v) is 22.0. The summed E-state index contributed by atoms with van der Waals surface area (Å²) in [5, 5.41) is 3.60. The van der Waals surface area contributed by atoms with Crippen LogP contribution < -0.4 is 25.5 Å². The number of aromatic nitrogens is 1. The zero-order valence-electron chi connectivity index (χ0n) is 42.5. The van der Waals surface area contributed by atoms with Crippen LogP contribution in [0.1, 0.15) is 106 Å². The summed E-state index contributed by atoms with van der Waals surface area (Å²) in [5.74, 6) is 0.717. The molecule has 1 unspecified atom stereocenters. The fourth-order valence-electron chi connectivity index (χ4n) is 13.4. The molecule has 0 N–H and O–H groups in total. The molecule has 0 saturated heterocycles. The maximum atomic E-state index is 14.8. The largest absolute Gasteiger partial charge is 0.493 e. The van der Waals surface area contributed by atoms with Crippen LogP contribution in [0.15, 0.2) is 128 Å². The number of benzene rings is 8. The summed E-state index contributed by atoms with van der Waals surface area (Å²) in [4.78, 5) is 59.1. The Morgan fingerprint density at radius 3 is 1.32 bits per heavy atom. The molecule has 362 valence electrons. The number of amides is 2. The van der Waals surface area contributed by atoms with E-state index in [2.05, 4.69) is 52.0 Å². The normalized spacial score (nSPS) is 17.5. The van der Waals surface area contributed by atoms with Gasteiger partial charge < -0.3 is 18.3 Å². The smallest absolute Gasteiger partial charge is 0.266 e. The second kappa shape index (κ2) is 14.9. The Balaban J connectivity index is 0.951. The van der Waals surface area contributed by atoms with Crippen molar-refractivity contribution in [3.05, 3.63) is 186 Å². The predicted molar refractivity (Wildman–Crippen MR) is 288 cm³/mol. The van der Waals surface area contributed by atoms with E-state index in [0.29, 0.717) is 67.3 Å². The van der Waals surface area contributed by atoms with Gasteiger partial charge in [-0.15, -0.1) is 0 Å². The van der Waals surface area contributed by atoms with Gasteiger partial charge in [-0.1, -0.05) is 76.2 Å². The molecular weight excluding hydrogens is 913 g/mol. The molecule has 3 heterocycles. The van der Waals surface area contributed by atoms with Crippen molar-refractivity contribution >= 4 is 72.2 Å². The molecule has 1 atom stereocenters. The molecule has 2 aromatic heterocycles. The number of fused-ring (bicyclic) bond motifs is 10. The second-order valence-electron chi connectivity index (χ2n) is 22.0. The van der Waals surface area contributed by atoms with Crippen LogP contribution in [-0.2, 0) is 16.2 Å². The zero-order chi connectivity index (χ0) is 50.9. The predicted octanol–water partition coefficient (Wildman–Crippen LogP) is 13.5. The molecule has 8 aromatic carbocycles. The molecule has 3 aliphatic rings. The van der Waals surface area contributed by atoms with Crippen LogP contribution in [0.4, 0.5) is 5.69 Å². The molecule has 1 spiro atoms. The lowest BCUT2D eigenvalue weighted by molar-refractivity contribution is 0.0926. The number of rotatable bonds is 5. The number of nitrogens with zero attached hydrogens (tertiary/aromatic N) is 2. The fourth-order valence-corrected chi connectivity index (χ4v) is 13.4. The van der Waals surface area contributed by atoms with Crippen molar-refractivity contribution in [2.45, 2.75) is 84.5 Å². The first-order valence-corrected chi connectivity index (χ1v) is 24.8. The Hall–Kier alpha value is -8.24. The standard InChI is InChI=1S/C63H52N2O8/c1-31-19-41-42(20-32(31)2)58(67)64(57(41)66)55-33(3)21-39(35-15-11-13-17-37(35)55)40-22-34(4)56(38-18-14-12-16-36(38)40)65-59(68)43-23-51-52(24-44(43)60(65)69)73-54-28-48-46(26-53(54)72-51)62(7,8)30-63(48)29-61(5,6)45-25-49(70-9)50(71-10)27-47(45)63/h11-28H,29-30H2,1-10H3. The van der Waals surface area contributed by atoms with E-state index in [0.717, 1.165) is 56.8 Å². The number of anilines is 1. The summed E-state index contributed by atoms with van der Waals surface area (Å²) >= 11 is 0. The summed E-state index contributed by atoms with van der Waals surface area (Å²) in [7, 11) is 3.35. The highest BCUT2D eigenvalue weighted by atomic mass is 16.5. The van der Waals surface area contributed by atoms with E-state index in [1.54, 1.807) is 26.4 Å². The third kappa shape index (κ3) is 5.97. The van der Waals surface area contributed by atoms with Crippen molar-refractivity contribution in [1.29, 1.82) is 0 Å². The van der Waals surface area contributed by atoms with Gasteiger partial charge >= 0.3 is 0 Å². The van der Waals surface area contributed by atoms with Gasteiger partial charge in [0.25, 0.3) is 22.9 Å². The van der Waals surface area contributed by atoms with E-state index in [4.69, 9.17) is 18.3 Å². The third-order valence-electron chi connectivity index (χ3n) is 16.6. The fraction of sp³-hybridized carbons (Fsp3) is 0.238. The van der Waals surface area contributed by atoms with Gasteiger partial charge in [-0.05, 0) is 178 Å². The van der Waals surface area contributed by atoms with Crippen molar-refractivity contribution in [3.63, 3.8) is 0 Å². The Bertz CT molecular complexity index is 4300. The lowest BCUT2D eigenvalue weighted by atomic mass is 9.72. The molecule has 0 fully saturated rings. The third-order valence-corrected chi connectivity index (χ3v) is 16.6.